The zero-order valence-electron chi connectivity index (χ0n) is 13.2. The van der Waals surface area contributed by atoms with Gasteiger partial charge >= 0.3 is 0 Å². The summed E-state index contributed by atoms with van der Waals surface area (Å²) in [6.45, 7) is 8.34. The highest BCUT2D eigenvalue weighted by atomic mass is 16.5. The van der Waals surface area contributed by atoms with Crippen LogP contribution in [0.4, 0.5) is 0 Å². The lowest BCUT2D eigenvalue weighted by Gasteiger charge is -2.14. The van der Waals surface area contributed by atoms with Crippen LogP contribution in [0, 0.1) is 6.92 Å². The molecule has 6 heteroatoms. The second kappa shape index (κ2) is 6.22. The van der Waals surface area contributed by atoms with E-state index in [0.29, 0.717) is 12.2 Å². The molecule has 6 nitrogen and oxygen atoms in total. The van der Waals surface area contributed by atoms with Crippen molar-refractivity contribution in [2.75, 3.05) is 13.7 Å². The molecular formula is C15H22N4O2. The average molecular weight is 290 g/mol. The van der Waals surface area contributed by atoms with Crippen LogP contribution in [0.3, 0.4) is 0 Å². The van der Waals surface area contributed by atoms with Crippen molar-refractivity contribution in [2.45, 2.75) is 39.8 Å². The molecular weight excluding hydrogens is 268 g/mol. The van der Waals surface area contributed by atoms with Gasteiger partial charge in [0.15, 0.2) is 5.65 Å². The highest BCUT2D eigenvalue weighted by Gasteiger charge is 2.18. The summed E-state index contributed by atoms with van der Waals surface area (Å²) in [5.74, 6) is -0.127. The molecule has 0 saturated carbocycles. The first-order valence-corrected chi connectivity index (χ1v) is 7.08. The summed E-state index contributed by atoms with van der Waals surface area (Å²) in [5.41, 5.74) is 2.15. The van der Waals surface area contributed by atoms with Crippen LogP contribution >= 0.6 is 0 Å². The molecule has 0 saturated heterocycles. The molecule has 114 valence electrons. The Morgan fingerprint density at radius 2 is 2.14 bits per heavy atom. The number of hydrogen-bond acceptors (Lipinski definition) is 4. The second-order valence-electron chi connectivity index (χ2n) is 5.56. The summed E-state index contributed by atoms with van der Waals surface area (Å²) in [6.07, 6.45) is 1.71. The normalized spacial score (nSPS) is 12.9. The molecule has 1 N–H and O–H groups in total. The average Bonchev–Trinajstić information content (AvgIpc) is 2.81. The third-order valence-corrected chi connectivity index (χ3v) is 3.22. The number of fused-ring (bicyclic) bond motifs is 1. The van der Waals surface area contributed by atoms with Crippen LogP contribution in [0.5, 0.6) is 0 Å². The Bertz CT molecular complexity index is 648. The number of carbonyl (C=O) groups excluding carboxylic acids is 1. The standard InChI is InChI=1S/C15H22N4O2/c1-9(2)19-14-13(7-16-19)12(6-10(3)17-14)15(20)18-11(4)8-21-5/h6-7,9,11H,8H2,1-5H3,(H,18,20). The van der Waals surface area contributed by atoms with Gasteiger partial charge in [-0.25, -0.2) is 9.67 Å². The molecule has 0 spiro atoms. The fourth-order valence-electron chi connectivity index (χ4n) is 2.30. The first-order chi connectivity index (χ1) is 9.93. The van der Waals surface area contributed by atoms with Crippen molar-refractivity contribution in [3.05, 3.63) is 23.5 Å². The van der Waals surface area contributed by atoms with Gasteiger partial charge in [0.05, 0.1) is 23.8 Å². The SMILES string of the molecule is COCC(C)NC(=O)c1cc(C)nc2c1cnn2C(C)C. The van der Waals surface area contributed by atoms with Crippen LogP contribution in [0.1, 0.15) is 42.9 Å². The van der Waals surface area contributed by atoms with Gasteiger partial charge in [0.1, 0.15) is 0 Å². The number of pyridine rings is 1. The minimum atomic E-state index is -0.127. The van der Waals surface area contributed by atoms with E-state index in [9.17, 15) is 4.79 Å². The monoisotopic (exact) mass is 290 g/mol. The van der Waals surface area contributed by atoms with Crippen molar-refractivity contribution < 1.29 is 9.53 Å². The quantitative estimate of drug-likeness (QED) is 0.915. The van der Waals surface area contributed by atoms with E-state index in [1.807, 2.05) is 32.4 Å². The number of rotatable bonds is 5. The van der Waals surface area contributed by atoms with Crippen molar-refractivity contribution in [1.82, 2.24) is 20.1 Å². The Kier molecular flexibility index (Phi) is 4.57. The highest BCUT2D eigenvalue weighted by Crippen LogP contribution is 2.21. The fourth-order valence-corrected chi connectivity index (χ4v) is 2.30. The van der Waals surface area contributed by atoms with Gasteiger partial charge in [0.2, 0.25) is 0 Å². The number of nitrogens with zero attached hydrogens (tertiary/aromatic N) is 3. The number of aryl methyl sites for hydroxylation is 1. The van der Waals surface area contributed by atoms with Gasteiger partial charge in [-0.3, -0.25) is 4.79 Å². The Morgan fingerprint density at radius 3 is 2.76 bits per heavy atom. The summed E-state index contributed by atoms with van der Waals surface area (Å²) in [7, 11) is 1.62. The van der Waals surface area contributed by atoms with Crippen molar-refractivity contribution in [3.63, 3.8) is 0 Å². The lowest BCUT2D eigenvalue weighted by molar-refractivity contribution is 0.0907. The molecule has 0 aliphatic heterocycles. The number of ether oxygens (including phenoxy) is 1. The number of aromatic nitrogens is 3. The van der Waals surface area contributed by atoms with Crippen LogP contribution in [0.25, 0.3) is 11.0 Å². The van der Waals surface area contributed by atoms with Crippen molar-refractivity contribution in [1.29, 1.82) is 0 Å². The number of amides is 1. The van der Waals surface area contributed by atoms with E-state index in [4.69, 9.17) is 4.74 Å². The molecule has 21 heavy (non-hydrogen) atoms. The van der Waals surface area contributed by atoms with E-state index < -0.39 is 0 Å². The van der Waals surface area contributed by atoms with Gasteiger partial charge in [0.25, 0.3) is 5.91 Å². The zero-order chi connectivity index (χ0) is 15.6. The molecule has 2 rings (SSSR count). The van der Waals surface area contributed by atoms with E-state index in [0.717, 1.165) is 16.7 Å². The number of carbonyl (C=O) groups is 1. The molecule has 0 aliphatic carbocycles. The van der Waals surface area contributed by atoms with Gasteiger partial charge in [0, 0.05) is 24.9 Å². The molecule has 0 aliphatic rings. The third kappa shape index (κ3) is 3.21. The predicted molar refractivity (Wildman–Crippen MR) is 81.5 cm³/mol. The van der Waals surface area contributed by atoms with Crippen LogP contribution in [0.2, 0.25) is 0 Å². The molecule has 1 atom stereocenters. The van der Waals surface area contributed by atoms with E-state index in [-0.39, 0.29) is 18.0 Å². The summed E-state index contributed by atoms with van der Waals surface area (Å²) in [6, 6.07) is 1.94. The van der Waals surface area contributed by atoms with Crippen LogP contribution in [0.15, 0.2) is 12.3 Å². The van der Waals surface area contributed by atoms with Crippen LogP contribution in [-0.2, 0) is 4.74 Å². The Balaban J connectivity index is 2.42. The first-order valence-electron chi connectivity index (χ1n) is 7.08. The summed E-state index contributed by atoms with van der Waals surface area (Å²) < 4.78 is 6.87. The zero-order valence-corrected chi connectivity index (χ0v) is 13.2. The lowest BCUT2D eigenvalue weighted by Crippen LogP contribution is -2.35. The summed E-state index contributed by atoms with van der Waals surface area (Å²) >= 11 is 0. The van der Waals surface area contributed by atoms with Crippen molar-refractivity contribution in [2.24, 2.45) is 0 Å². The maximum Gasteiger partial charge on any atom is 0.252 e. The molecule has 0 fully saturated rings. The van der Waals surface area contributed by atoms with Crippen LogP contribution in [-0.4, -0.2) is 40.4 Å². The number of methoxy groups -OCH3 is 1. The fraction of sp³-hybridized carbons (Fsp3) is 0.533. The Morgan fingerprint density at radius 1 is 1.43 bits per heavy atom. The number of hydrogen-bond donors (Lipinski definition) is 1. The van der Waals surface area contributed by atoms with Gasteiger partial charge in [-0.05, 0) is 33.8 Å². The second-order valence-corrected chi connectivity index (χ2v) is 5.56. The summed E-state index contributed by atoms with van der Waals surface area (Å²) in [4.78, 5) is 17.0. The number of nitrogens with one attached hydrogen (secondary N) is 1. The van der Waals surface area contributed by atoms with Gasteiger partial charge in [-0.1, -0.05) is 0 Å². The molecule has 1 amide bonds. The lowest BCUT2D eigenvalue weighted by atomic mass is 10.1. The first kappa shape index (κ1) is 15.4. The highest BCUT2D eigenvalue weighted by molar-refractivity contribution is 6.05. The Hall–Kier alpha value is -1.95. The van der Waals surface area contributed by atoms with E-state index >= 15 is 0 Å². The van der Waals surface area contributed by atoms with E-state index in [1.165, 1.54) is 0 Å². The topological polar surface area (TPSA) is 69.0 Å². The maximum absolute atomic E-state index is 12.4. The minimum absolute atomic E-state index is 0.0498. The molecule has 2 aromatic heterocycles. The third-order valence-electron chi connectivity index (χ3n) is 3.22. The molecule has 0 bridgehead atoms. The van der Waals surface area contributed by atoms with Crippen molar-refractivity contribution >= 4 is 16.9 Å². The maximum atomic E-state index is 12.4. The van der Waals surface area contributed by atoms with E-state index in [2.05, 4.69) is 15.4 Å². The molecule has 2 aromatic rings. The molecule has 1 unspecified atom stereocenters. The molecule has 2 heterocycles. The Labute approximate surface area is 124 Å². The predicted octanol–water partition coefficient (Wildman–Crippen LogP) is 2.09. The smallest absolute Gasteiger partial charge is 0.252 e. The van der Waals surface area contributed by atoms with Gasteiger partial charge in [-0.2, -0.15) is 5.10 Å². The molecule has 0 aromatic carbocycles. The van der Waals surface area contributed by atoms with E-state index in [1.54, 1.807) is 19.4 Å². The van der Waals surface area contributed by atoms with Gasteiger partial charge in [-0.15, -0.1) is 0 Å². The largest absolute Gasteiger partial charge is 0.383 e. The van der Waals surface area contributed by atoms with Crippen molar-refractivity contribution in [3.8, 4) is 0 Å². The summed E-state index contributed by atoms with van der Waals surface area (Å²) in [5, 5.41) is 8.04. The van der Waals surface area contributed by atoms with Crippen LogP contribution < -0.4 is 5.32 Å². The minimum Gasteiger partial charge on any atom is -0.383 e. The molecule has 0 radical (unpaired) electrons. The van der Waals surface area contributed by atoms with Gasteiger partial charge < -0.3 is 10.1 Å².